The van der Waals surface area contributed by atoms with E-state index in [1.54, 1.807) is 19.1 Å². The molecule has 1 aliphatic carbocycles. The topological polar surface area (TPSA) is 81.5 Å². The van der Waals surface area contributed by atoms with Gasteiger partial charge < -0.3 is 11.5 Å². The Hall–Kier alpha value is -1.91. The van der Waals surface area contributed by atoms with Gasteiger partial charge in [-0.1, -0.05) is 26.0 Å². The van der Waals surface area contributed by atoms with Gasteiger partial charge in [-0.05, 0) is 29.5 Å². The molecule has 19 heavy (non-hydrogen) atoms. The third kappa shape index (κ3) is 2.32. The van der Waals surface area contributed by atoms with Crippen molar-refractivity contribution in [2.24, 2.45) is 27.8 Å². The first-order chi connectivity index (χ1) is 8.75. The Kier molecular flexibility index (Phi) is 3.08. The predicted molar refractivity (Wildman–Crippen MR) is 72.0 cm³/mol. The van der Waals surface area contributed by atoms with Crippen LogP contribution in [0.1, 0.15) is 30.9 Å². The molecule has 0 aromatic heterocycles. The van der Waals surface area contributed by atoms with Gasteiger partial charge in [0.1, 0.15) is 5.82 Å². The van der Waals surface area contributed by atoms with Crippen LogP contribution in [0.15, 0.2) is 23.2 Å². The highest BCUT2D eigenvalue weighted by Crippen LogP contribution is 2.64. The van der Waals surface area contributed by atoms with E-state index in [9.17, 15) is 9.18 Å². The summed E-state index contributed by atoms with van der Waals surface area (Å²) < 4.78 is 13.3. The minimum absolute atomic E-state index is 0.0300. The molecule has 0 radical (unpaired) electrons. The van der Waals surface area contributed by atoms with Crippen LogP contribution < -0.4 is 11.5 Å². The molecule has 2 atom stereocenters. The zero-order valence-corrected chi connectivity index (χ0v) is 11.3. The van der Waals surface area contributed by atoms with Crippen LogP contribution in [0.25, 0.3) is 0 Å². The Balaban J connectivity index is 2.29. The molecule has 0 bridgehead atoms. The SMILES string of the molecule is Cc1cc([C@H]2[C@H](C(=O)N=C(N)N)C2(C)C)ccc1F. The lowest BCUT2D eigenvalue weighted by Gasteiger charge is -2.04. The van der Waals surface area contributed by atoms with Gasteiger partial charge >= 0.3 is 0 Å². The average Bonchev–Trinajstić information content (AvgIpc) is 2.85. The highest BCUT2D eigenvalue weighted by Gasteiger charge is 2.62. The summed E-state index contributed by atoms with van der Waals surface area (Å²) in [4.78, 5) is 15.6. The molecule has 0 unspecified atom stereocenters. The molecule has 1 fully saturated rings. The second kappa shape index (κ2) is 4.33. The van der Waals surface area contributed by atoms with Crippen molar-refractivity contribution in [3.05, 3.63) is 35.1 Å². The first kappa shape index (κ1) is 13.5. The number of halogens is 1. The van der Waals surface area contributed by atoms with Crippen molar-refractivity contribution in [3.8, 4) is 0 Å². The zero-order chi connectivity index (χ0) is 14.4. The molecule has 102 valence electrons. The van der Waals surface area contributed by atoms with E-state index < -0.39 is 0 Å². The number of guanidine groups is 1. The molecule has 0 heterocycles. The molecule has 1 aromatic rings. The number of carbonyl (C=O) groups is 1. The van der Waals surface area contributed by atoms with Gasteiger partial charge in [0.05, 0.1) is 5.92 Å². The van der Waals surface area contributed by atoms with Crippen molar-refractivity contribution in [1.29, 1.82) is 0 Å². The smallest absolute Gasteiger partial charge is 0.253 e. The average molecular weight is 263 g/mol. The fourth-order valence-electron chi connectivity index (χ4n) is 2.78. The second-order valence-electron chi connectivity index (χ2n) is 5.66. The fraction of sp³-hybridized carbons (Fsp3) is 0.429. The van der Waals surface area contributed by atoms with Crippen molar-refractivity contribution in [1.82, 2.24) is 0 Å². The summed E-state index contributed by atoms with van der Waals surface area (Å²) in [5.74, 6) is -0.991. The van der Waals surface area contributed by atoms with Crippen molar-refractivity contribution < 1.29 is 9.18 Å². The molecule has 5 heteroatoms. The molecule has 1 aromatic carbocycles. The Morgan fingerprint density at radius 1 is 1.37 bits per heavy atom. The van der Waals surface area contributed by atoms with Crippen LogP contribution in [-0.4, -0.2) is 11.9 Å². The molecule has 0 saturated heterocycles. The molecule has 1 amide bonds. The van der Waals surface area contributed by atoms with Crippen LogP contribution in [0.2, 0.25) is 0 Å². The molecule has 1 saturated carbocycles. The van der Waals surface area contributed by atoms with Crippen LogP contribution in [0.3, 0.4) is 0 Å². The number of aryl methyl sites for hydroxylation is 1. The Morgan fingerprint density at radius 2 is 2.00 bits per heavy atom. The summed E-state index contributed by atoms with van der Waals surface area (Å²) >= 11 is 0. The molecular weight excluding hydrogens is 245 g/mol. The highest BCUT2D eigenvalue weighted by atomic mass is 19.1. The fourth-order valence-corrected chi connectivity index (χ4v) is 2.78. The third-order valence-electron chi connectivity index (χ3n) is 3.87. The summed E-state index contributed by atoms with van der Waals surface area (Å²) in [6.07, 6.45) is 0. The van der Waals surface area contributed by atoms with E-state index in [4.69, 9.17) is 11.5 Å². The van der Waals surface area contributed by atoms with Crippen molar-refractivity contribution >= 4 is 11.9 Å². The zero-order valence-electron chi connectivity index (χ0n) is 11.3. The van der Waals surface area contributed by atoms with E-state index in [1.165, 1.54) is 6.07 Å². The van der Waals surface area contributed by atoms with E-state index >= 15 is 0 Å². The first-order valence-corrected chi connectivity index (χ1v) is 6.14. The number of benzene rings is 1. The van der Waals surface area contributed by atoms with Gasteiger partial charge in [0.2, 0.25) is 0 Å². The lowest BCUT2D eigenvalue weighted by atomic mass is 10.0. The second-order valence-corrected chi connectivity index (χ2v) is 5.66. The number of amides is 1. The third-order valence-corrected chi connectivity index (χ3v) is 3.87. The van der Waals surface area contributed by atoms with E-state index in [2.05, 4.69) is 4.99 Å². The number of nitrogens with two attached hydrogens (primary N) is 2. The minimum Gasteiger partial charge on any atom is -0.370 e. The standard InChI is InChI=1S/C14H18FN3O/c1-7-6-8(4-5-9(7)15)10-11(14(10,2)3)12(19)18-13(16)17/h4-6,10-11H,1-3H3,(H4,16,17,18,19)/t10-,11+/m0/s1. The maximum atomic E-state index is 13.3. The number of aliphatic imine (C=N–C) groups is 1. The van der Waals surface area contributed by atoms with Gasteiger partial charge in [0.25, 0.3) is 5.91 Å². The van der Waals surface area contributed by atoms with Crippen LogP contribution in [-0.2, 0) is 4.79 Å². The monoisotopic (exact) mass is 263 g/mol. The molecular formula is C14H18FN3O. The summed E-state index contributed by atoms with van der Waals surface area (Å²) in [6, 6.07) is 4.93. The van der Waals surface area contributed by atoms with Gasteiger partial charge in [-0.2, -0.15) is 4.99 Å². The molecule has 0 aliphatic heterocycles. The molecule has 4 N–H and O–H groups in total. The van der Waals surface area contributed by atoms with E-state index in [0.29, 0.717) is 5.56 Å². The van der Waals surface area contributed by atoms with Crippen molar-refractivity contribution in [2.75, 3.05) is 0 Å². The maximum Gasteiger partial charge on any atom is 0.253 e. The van der Waals surface area contributed by atoms with E-state index in [-0.39, 0.29) is 34.9 Å². The lowest BCUT2D eigenvalue weighted by Crippen LogP contribution is -2.25. The Bertz CT molecular complexity index is 562. The molecule has 0 spiro atoms. The van der Waals surface area contributed by atoms with Crippen molar-refractivity contribution in [3.63, 3.8) is 0 Å². The Morgan fingerprint density at radius 3 is 2.53 bits per heavy atom. The van der Waals surface area contributed by atoms with Crippen LogP contribution in [0, 0.1) is 24.1 Å². The van der Waals surface area contributed by atoms with Gasteiger partial charge in [-0.3, -0.25) is 4.79 Å². The number of hydrogen-bond donors (Lipinski definition) is 2. The normalized spacial score (nSPS) is 23.8. The van der Waals surface area contributed by atoms with Gasteiger partial charge in [0, 0.05) is 5.92 Å². The molecule has 2 rings (SSSR count). The minimum atomic E-state index is -0.308. The predicted octanol–water partition coefficient (Wildman–Crippen LogP) is 1.67. The number of hydrogen-bond acceptors (Lipinski definition) is 1. The molecule has 1 aliphatic rings. The van der Waals surface area contributed by atoms with E-state index in [1.807, 2.05) is 13.8 Å². The van der Waals surface area contributed by atoms with Crippen LogP contribution in [0.5, 0.6) is 0 Å². The van der Waals surface area contributed by atoms with Crippen molar-refractivity contribution in [2.45, 2.75) is 26.7 Å². The molecule has 4 nitrogen and oxygen atoms in total. The number of nitrogens with zero attached hydrogens (tertiary/aromatic N) is 1. The summed E-state index contributed by atoms with van der Waals surface area (Å²) in [7, 11) is 0. The van der Waals surface area contributed by atoms with E-state index in [0.717, 1.165) is 5.56 Å². The Labute approximate surface area is 111 Å². The van der Waals surface area contributed by atoms with Gasteiger partial charge in [-0.15, -0.1) is 0 Å². The largest absolute Gasteiger partial charge is 0.370 e. The van der Waals surface area contributed by atoms with Gasteiger partial charge in [-0.25, -0.2) is 4.39 Å². The number of carbonyl (C=O) groups excluding carboxylic acids is 1. The highest BCUT2D eigenvalue weighted by molar-refractivity contribution is 5.95. The van der Waals surface area contributed by atoms with Gasteiger partial charge in [0.15, 0.2) is 5.96 Å². The summed E-state index contributed by atoms with van der Waals surface area (Å²) in [5, 5.41) is 0. The lowest BCUT2D eigenvalue weighted by molar-refractivity contribution is -0.119. The van der Waals surface area contributed by atoms with Crippen LogP contribution >= 0.6 is 0 Å². The first-order valence-electron chi connectivity index (χ1n) is 6.14. The maximum absolute atomic E-state index is 13.3. The summed E-state index contributed by atoms with van der Waals surface area (Å²) in [6.45, 7) is 5.68. The quantitative estimate of drug-likeness (QED) is 0.629. The summed E-state index contributed by atoms with van der Waals surface area (Å²) in [5.41, 5.74) is 11.8. The number of rotatable bonds is 2. The van der Waals surface area contributed by atoms with Crippen LogP contribution in [0.4, 0.5) is 4.39 Å².